The number of hydrogen-bond donors (Lipinski definition) is 1. The Morgan fingerprint density at radius 1 is 1.44 bits per heavy atom. The van der Waals surface area contributed by atoms with Gasteiger partial charge in [-0.15, -0.1) is 0 Å². The van der Waals surface area contributed by atoms with Crippen LogP contribution >= 0.6 is 0 Å². The first kappa shape index (κ1) is 11.0. The highest BCUT2D eigenvalue weighted by molar-refractivity contribution is 5.83. The lowest BCUT2D eigenvalue weighted by Gasteiger charge is -2.34. The third-order valence-corrected chi connectivity index (χ3v) is 3.28. The number of amides is 1. The molecule has 1 aliphatic heterocycles. The summed E-state index contributed by atoms with van der Waals surface area (Å²) >= 11 is 0. The molecule has 0 saturated carbocycles. The monoisotopic (exact) mass is 219 g/mol. The molecule has 1 heterocycles. The Balaban J connectivity index is 2.43. The first-order valence-corrected chi connectivity index (χ1v) is 5.62. The zero-order valence-corrected chi connectivity index (χ0v) is 9.64. The van der Waals surface area contributed by atoms with Gasteiger partial charge >= 0.3 is 0 Å². The number of primary amides is 1. The Kier molecular flexibility index (Phi) is 2.86. The Bertz CT molecular complexity index is 401. The van der Waals surface area contributed by atoms with Crippen LogP contribution in [0.3, 0.4) is 0 Å². The van der Waals surface area contributed by atoms with Crippen molar-refractivity contribution in [2.75, 3.05) is 6.61 Å². The van der Waals surface area contributed by atoms with E-state index in [0.717, 1.165) is 11.3 Å². The van der Waals surface area contributed by atoms with Gasteiger partial charge in [0.05, 0.1) is 12.5 Å². The number of hydrogen-bond acceptors (Lipinski definition) is 2. The molecule has 1 amide bonds. The lowest BCUT2D eigenvalue weighted by Crippen LogP contribution is -2.37. The molecular formula is C13H17NO2. The van der Waals surface area contributed by atoms with E-state index in [1.165, 1.54) is 0 Å². The topological polar surface area (TPSA) is 52.3 Å². The second kappa shape index (κ2) is 4.16. The van der Waals surface area contributed by atoms with Crippen LogP contribution in [0.5, 0.6) is 5.75 Å². The van der Waals surface area contributed by atoms with Crippen molar-refractivity contribution >= 4 is 5.91 Å². The number of carbonyl (C=O) groups excluding carboxylic acids is 1. The quantitative estimate of drug-likeness (QED) is 0.826. The number of ether oxygens (including phenoxy) is 1. The lowest BCUT2D eigenvalue weighted by molar-refractivity contribution is -0.122. The molecule has 0 fully saturated rings. The third-order valence-electron chi connectivity index (χ3n) is 3.28. The zero-order valence-electron chi connectivity index (χ0n) is 9.64. The molecule has 0 bridgehead atoms. The van der Waals surface area contributed by atoms with Gasteiger partial charge in [0.2, 0.25) is 5.91 Å². The molecule has 0 aromatic heterocycles. The van der Waals surface area contributed by atoms with Crippen LogP contribution in [-0.2, 0) is 4.79 Å². The van der Waals surface area contributed by atoms with Crippen LogP contribution in [0.15, 0.2) is 24.3 Å². The highest BCUT2D eigenvalue weighted by Crippen LogP contribution is 2.39. The molecule has 2 N–H and O–H groups in total. The number of carbonyl (C=O) groups is 1. The molecule has 16 heavy (non-hydrogen) atoms. The molecule has 0 spiro atoms. The standard InChI is InChI=1S/C13H17NO2/c1-8(2)10-7-16-11-6-4-3-5-9(11)12(10)13(14)15/h3-6,8,10,12H,7H2,1-2H3,(H2,14,15). The second-order valence-corrected chi connectivity index (χ2v) is 4.64. The van der Waals surface area contributed by atoms with E-state index in [2.05, 4.69) is 13.8 Å². The van der Waals surface area contributed by atoms with E-state index >= 15 is 0 Å². The van der Waals surface area contributed by atoms with Crippen LogP contribution in [0, 0.1) is 11.8 Å². The molecule has 0 aliphatic carbocycles. The minimum Gasteiger partial charge on any atom is -0.493 e. The molecule has 86 valence electrons. The predicted molar refractivity (Wildman–Crippen MR) is 62.2 cm³/mol. The van der Waals surface area contributed by atoms with Crippen molar-refractivity contribution in [3.63, 3.8) is 0 Å². The van der Waals surface area contributed by atoms with E-state index < -0.39 is 0 Å². The number of benzene rings is 1. The fourth-order valence-electron chi connectivity index (χ4n) is 2.32. The molecule has 1 aliphatic rings. The molecule has 0 radical (unpaired) electrons. The molecule has 0 saturated heterocycles. The Morgan fingerprint density at radius 2 is 2.12 bits per heavy atom. The maximum absolute atomic E-state index is 11.6. The summed E-state index contributed by atoms with van der Waals surface area (Å²) in [6.07, 6.45) is 0. The summed E-state index contributed by atoms with van der Waals surface area (Å²) in [5, 5.41) is 0. The van der Waals surface area contributed by atoms with Gasteiger partial charge < -0.3 is 10.5 Å². The highest BCUT2D eigenvalue weighted by Gasteiger charge is 2.36. The van der Waals surface area contributed by atoms with E-state index in [1.807, 2.05) is 24.3 Å². The summed E-state index contributed by atoms with van der Waals surface area (Å²) in [6.45, 7) is 4.76. The summed E-state index contributed by atoms with van der Waals surface area (Å²) < 4.78 is 5.67. The average Bonchev–Trinajstić information content (AvgIpc) is 2.27. The van der Waals surface area contributed by atoms with Crippen molar-refractivity contribution in [1.82, 2.24) is 0 Å². The second-order valence-electron chi connectivity index (χ2n) is 4.64. The van der Waals surface area contributed by atoms with Crippen LogP contribution in [-0.4, -0.2) is 12.5 Å². The van der Waals surface area contributed by atoms with Gasteiger partial charge in [-0.3, -0.25) is 4.79 Å². The molecule has 2 atom stereocenters. The van der Waals surface area contributed by atoms with Crippen molar-refractivity contribution in [2.45, 2.75) is 19.8 Å². The normalized spacial score (nSPS) is 23.7. The van der Waals surface area contributed by atoms with Gasteiger partial charge in [0, 0.05) is 11.5 Å². The van der Waals surface area contributed by atoms with Crippen molar-refractivity contribution < 1.29 is 9.53 Å². The van der Waals surface area contributed by atoms with Crippen molar-refractivity contribution in [3.8, 4) is 5.75 Å². The maximum Gasteiger partial charge on any atom is 0.225 e. The van der Waals surface area contributed by atoms with Crippen molar-refractivity contribution in [2.24, 2.45) is 17.6 Å². The highest BCUT2D eigenvalue weighted by atomic mass is 16.5. The fraction of sp³-hybridized carbons (Fsp3) is 0.462. The molecule has 2 unspecified atom stereocenters. The van der Waals surface area contributed by atoms with Gasteiger partial charge in [0.15, 0.2) is 0 Å². The molecule has 1 aromatic rings. The van der Waals surface area contributed by atoms with E-state index in [1.54, 1.807) is 0 Å². The van der Waals surface area contributed by atoms with Gasteiger partial charge in [-0.25, -0.2) is 0 Å². The summed E-state index contributed by atoms with van der Waals surface area (Å²) in [7, 11) is 0. The molecular weight excluding hydrogens is 202 g/mol. The lowest BCUT2D eigenvalue weighted by atomic mass is 9.77. The van der Waals surface area contributed by atoms with Gasteiger partial charge in [-0.05, 0) is 12.0 Å². The van der Waals surface area contributed by atoms with Crippen molar-refractivity contribution in [1.29, 1.82) is 0 Å². The first-order valence-electron chi connectivity index (χ1n) is 5.62. The van der Waals surface area contributed by atoms with Gasteiger partial charge in [0.25, 0.3) is 0 Å². The summed E-state index contributed by atoms with van der Waals surface area (Å²) in [6, 6.07) is 7.65. The number of para-hydroxylation sites is 1. The van der Waals surface area contributed by atoms with Gasteiger partial charge in [0.1, 0.15) is 5.75 Å². The summed E-state index contributed by atoms with van der Waals surface area (Å²) in [5.41, 5.74) is 6.45. The van der Waals surface area contributed by atoms with E-state index in [9.17, 15) is 4.79 Å². The van der Waals surface area contributed by atoms with Crippen LogP contribution in [0.1, 0.15) is 25.3 Å². The van der Waals surface area contributed by atoms with Crippen LogP contribution in [0.25, 0.3) is 0 Å². The summed E-state index contributed by atoms with van der Waals surface area (Å²) in [5.74, 6) is 0.876. The fourth-order valence-corrected chi connectivity index (χ4v) is 2.32. The van der Waals surface area contributed by atoms with Gasteiger partial charge in [-0.2, -0.15) is 0 Å². The Labute approximate surface area is 95.6 Å². The Morgan fingerprint density at radius 3 is 2.75 bits per heavy atom. The SMILES string of the molecule is CC(C)C1COc2ccccc2C1C(N)=O. The maximum atomic E-state index is 11.6. The minimum atomic E-state index is -0.255. The molecule has 3 nitrogen and oxygen atoms in total. The van der Waals surface area contributed by atoms with E-state index in [-0.39, 0.29) is 17.7 Å². The van der Waals surface area contributed by atoms with Gasteiger partial charge in [-0.1, -0.05) is 32.0 Å². The number of rotatable bonds is 2. The van der Waals surface area contributed by atoms with Crippen LogP contribution in [0.4, 0.5) is 0 Å². The number of nitrogens with two attached hydrogens (primary N) is 1. The van der Waals surface area contributed by atoms with E-state index in [0.29, 0.717) is 12.5 Å². The average molecular weight is 219 g/mol. The minimum absolute atomic E-state index is 0.174. The smallest absolute Gasteiger partial charge is 0.225 e. The first-order chi connectivity index (χ1) is 7.61. The molecule has 1 aromatic carbocycles. The van der Waals surface area contributed by atoms with Crippen molar-refractivity contribution in [3.05, 3.63) is 29.8 Å². The zero-order chi connectivity index (χ0) is 11.7. The summed E-state index contributed by atoms with van der Waals surface area (Å²) in [4.78, 5) is 11.6. The molecule has 2 rings (SSSR count). The number of fused-ring (bicyclic) bond motifs is 1. The molecule has 3 heteroatoms. The largest absolute Gasteiger partial charge is 0.493 e. The Hall–Kier alpha value is -1.51. The van der Waals surface area contributed by atoms with Crippen LogP contribution < -0.4 is 10.5 Å². The third kappa shape index (κ3) is 1.77. The predicted octanol–water partition coefficient (Wildman–Crippen LogP) is 1.92. The van der Waals surface area contributed by atoms with E-state index in [4.69, 9.17) is 10.5 Å². The van der Waals surface area contributed by atoms with Crippen LogP contribution in [0.2, 0.25) is 0 Å².